The van der Waals surface area contributed by atoms with Crippen LogP contribution in [0.5, 0.6) is 11.5 Å². The number of amides is 2. The lowest BCUT2D eigenvalue weighted by Gasteiger charge is -2.40. The first-order valence-corrected chi connectivity index (χ1v) is 15.2. The van der Waals surface area contributed by atoms with E-state index in [1.165, 1.54) is 0 Å². The maximum Gasteiger partial charge on any atom is 0.256 e. The molecule has 2 aromatic carbocycles. The third-order valence-electron chi connectivity index (χ3n) is 8.17. The Bertz CT molecular complexity index is 1150. The molecule has 2 aliphatic rings. The van der Waals surface area contributed by atoms with E-state index >= 15 is 0 Å². The highest BCUT2D eigenvalue weighted by Gasteiger charge is 2.37. The molecule has 0 spiro atoms. The molecule has 1 heterocycles. The molecule has 1 saturated heterocycles. The van der Waals surface area contributed by atoms with Crippen molar-refractivity contribution in [1.29, 1.82) is 0 Å². The van der Waals surface area contributed by atoms with Gasteiger partial charge in [0, 0.05) is 63.0 Å². The van der Waals surface area contributed by atoms with Crippen molar-refractivity contribution < 1.29 is 28.9 Å². The van der Waals surface area contributed by atoms with Gasteiger partial charge in [-0.1, -0.05) is 30.3 Å². The first-order chi connectivity index (χ1) is 20.3. The maximum absolute atomic E-state index is 13.8. The van der Waals surface area contributed by atoms with Crippen molar-refractivity contribution in [2.45, 2.75) is 82.6 Å². The highest BCUT2D eigenvalue weighted by atomic mass is 16.5. The second-order valence-corrected chi connectivity index (χ2v) is 11.6. The van der Waals surface area contributed by atoms with Gasteiger partial charge in [0.15, 0.2) is 17.6 Å². The molecule has 4 rings (SSSR count). The molecule has 3 atom stereocenters. The summed E-state index contributed by atoms with van der Waals surface area (Å²) in [6.45, 7) is 6.47. The van der Waals surface area contributed by atoms with Crippen LogP contribution in [0.1, 0.15) is 74.4 Å². The van der Waals surface area contributed by atoms with Crippen LogP contribution in [0.15, 0.2) is 48.5 Å². The zero-order chi connectivity index (χ0) is 30.1. The van der Waals surface area contributed by atoms with E-state index in [-0.39, 0.29) is 36.0 Å². The summed E-state index contributed by atoms with van der Waals surface area (Å²) in [4.78, 5) is 30.8. The van der Waals surface area contributed by atoms with Crippen LogP contribution in [0.4, 0.5) is 0 Å². The van der Waals surface area contributed by atoms with E-state index in [9.17, 15) is 14.7 Å². The van der Waals surface area contributed by atoms with Crippen LogP contribution in [0, 0.1) is 0 Å². The summed E-state index contributed by atoms with van der Waals surface area (Å²) in [5, 5.41) is 14.4. The largest absolute Gasteiger partial charge is 0.493 e. The van der Waals surface area contributed by atoms with Crippen molar-refractivity contribution >= 4 is 11.8 Å². The summed E-state index contributed by atoms with van der Waals surface area (Å²) < 4.78 is 16.5. The minimum Gasteiger partial charge on any atom is -0.493 e. The highest BCUT2D eigenvalue weighted by Crippen LogP contribution is 2.32. The van der Waals surface area contributed by atoms with E-state index in [1.807, 2.05) is 41.8 Å². The zero-order valence-electron chi connectivity index (χ0n) is 25.5. The van der Waals surface area contributed by atoms with Crippen molar-refractivity contribution in [2.24, 2.45) is 0 Å². The topological polar surface area (TPSA) is 101 Å². The number of benzene rings is 2. The smallest absolute Gasteiger partial charge is 0.256 e. The quantitative estimate of drug-likeness (QED) is 0.304. The van der Waals surface area contributed by atoms with Crippen LogP contribution < -0.4 is 14.8 Å². The normalized spacial score (nSPS) is 19.3. The summed E-state index contributed by atoms with van der Waals surface area (Å²) in [5.41, 5.74) is 1.20. The molecule has 230 valence electrons. The van der Waals surface area contributed by atoms with E-state index < -0.39 is 6.10 Å². The lowest BCUT2D eigenvalue weighted by Crippen LogP contribution is -2.54. The second kappa shape index (κ2) is 15.4. The molecule has 0 bridgehead atoms. The third kappa shape index (κ3) is 8.24. The molecule has 2 amide bonds. The van der Waals surface area contributed by atoms with Gasteiger partial charge in [-0.15, -0.1) is 0 Å². The third-order valence-corrected chi connectivity index (χ3v) is 8.17. The number of carbonyl (C=O) groups excluding carboxylic acids is 2. The number of nitrogens with zero attached hydrogens (tertiary/aromatic N) is 2. The Morgan fingerprint density at radius 2 is 1.71 bits per heavy atom. The van der Waals surface area contributed by atoms with E-state index in [0.29, 0.717) is 48.9 Å². The molecule has 9 heteroatoms. The molecular weight excluding hydrogens is 534 g/mol. The number of rotatable bonds is 15. The van der Waals surface area contributed by atoms with E-state index in [4.69, 9.17) is 14.2 Å². The lowest BCUT2D eigenvalue weighted by molar-refractivity contribution is -0.141. The van der Waals surface area contributed by atoms with E-state index in [2.05, 4.69) is 5.32 Å². The van der Waals surface area contributed by atoms with Crippen LogP contribution in [0.25, 0.3) is 0 Å². The average Bonchev–Trinajstić information content (AvgIpc) is 3.85. The molecule has 2 fully saturated rings. The fourth-order valence-electron chi connectivity index (χ4n) is 5.75. The predicted molar refractivity (Wildman–Crippen MR) is 162 cm³/mol. The van der Waals surface area contributed by atoms with Gasteiger partial charge < -0.3 is 34.4 Å². The number of hydrogen-bond acceptors (Lipinski definition) is 7. The number of ether oxygens (including phenoxy) is 3. The molecule has 1 saturated carbocycles. The molecular formula is C33H47N3O6. The van der Waals surface area contributed by atoms with Gasteiger partial charge in [-0.05, 0) is 69.7 Å². The first kappa shape index (κ1) is 31.8. The molecule has 42 heavy (non-hydrogen) atoms. The van der Waals surface area contributed by atoms with Crippen LogP contribution in [0.2, 0.25) is 0 Å². The molecule has 0 aromatic heterocycles. The standard InChI is InChI=1S/C33H47N3O6/c1-23(2)36(32(38)25-11-16-29(41-4)30(21-25)42-20-8-19-40-3)28-13-12-26(34-22-28)17-18-35(27-14-15-27)33(39)31(37)24-9-6-5-7-10-24/h5-7,9-11,16,21,23,26-28,31,34,37H,8,12-15,17-20,22H2,1-4H3/t26-,28-,31-/m1/s1. The predicted octanol–water partition coefficient (Wildman–Crippen LogP) is 4.20. The monoisotopic (exact) mass is 581 g/mol. The number of aliphatic hydroxyl groups is 1. The van der Waals surface area contributed by atoms with Gasteiger partial charge in [0.1, 0.15) is 0 Å². The van der Waals surface area contributed by atoms with E-state index in [1.54, 1.807) is 44.6 Å². The average molecular weight is 582 g/mol. The lowest BCUT2D eigenvalue weighted by atomic mass is 9.95. The molecule has 1 aliphatic heterocycles. The Morgan fingerprint density at radius 3 is 2.33 bits per heavy atom. The van der Waals surface area contributed by atoms with Gasteiger partial charge in [0.05, 0.1) is 13.7 Å². The fraction of sp³-hybridized carbons (Fsp3) is 0.576. The fourth-order valence-corrected chi connectivity index (χ4v) is 5.75. The highest BCUT2D eigenvalue weighted by molar-refractivity contribution is 5.95. The molecule has 1 aliphatic carbocycles. The summed E-state index contributed by atoms with van der Waals surface area (Å²) in [6, 6.07) is 15.1. The first-order valence-electron chi connectivity index (χ1n) is 15.2. The Labute approximate surface area is 250 Å². The van der Waals surface area contributed by atoms with Crippen molar-refractivity contribution in [3.8, 4) is 11.5 Å². The van der Waals surface area contributed by atoms with E-state index in [0.717, 1.165) is 38.5 Å². The SMILES string of the molecule is COCCCOc1cc(C(=O)N(C(C)C)[C@@H]2CC[C@H](CCN(C(=O)[C@H](O)c3ccccc3)C3CC3)NC2)ccc1OC. The molecule has 0 radical (unpaired) electrons. The summed E-state index contributed by atoms with van der Waals surface area (Å²) in [6.07, 6.45) is 4.19. The molecule has 2 aromatic rings. The number of aliphatic hydroxyl groups excluding tert-OH is 1. The minimum atomic E-state index is -1.13. The van der Waals surface area contributed by atoms with Gasteiger partial charge in [-0.3, -0.25) is 9.59 Å². The van der Waals surface area contributed by atoms with Gasteiger partial charge >= 0.3 is 0 Å². The Balaban J connectivity index is 1.33. The Hall–Kier alpha value is -3.14. The summed E-state index contributed by atoms with van der Waals surface area (Å²) in [5.74, 6) is 0.907. The van der Waals surface area contributed by atoms with Gasteiger partial charge in [0.25, 0.3) is 11.8 Å². The minimum absolute atomic E-state index is 0.0245. The number of methoxy groups -OCH3 is 2. The maximum atomic E-state index is 13.8. The second-order valence-electron chi connectivity index (χ2n) is 11.6. The van der Waals surface area contributed by atoms with Crippen molar-refractivity contribution in [2.75, 3.05) is 40.5 Å². The van der Waals surface area contributed by atoms with Crippen LogP contribution in [-0.4, -0.2) is 91.4 Å². The van der Waals surface area contributed by atoms with Crippen LogP contribution in [-0.2, 0) is 9.53 Å². The Kier molecular flexibility index (Phi) is 11.6. The summed E-state index contributed by atoms with van der Waals surface area (Å²) >= 11 is 0. The van der Waals surface area contributed by atoms with Crippen molar-refractivity contribution in [3.63, 3.8) is 0 Å². The molecule has 2 N–H and O–H groups in total. The number of hydrogen-bond donors (Lipinski definition) is 2. The van der Waals surface area contributed by atoms with Gasteiger partial charge in [-0.25, -0.2) is 0 Å². The molecule has 9 nitrogen and oxygen atoms in total. The number of nitrogens with one attached hydrogen (secondary N) is 1. The van der Waals surface area contributed by atoms with Crippen molar-refractivity contribution in [1.82, 2.24) is 15.1 Å². The van der Waals surface area contributed by atoms with Gasteiger partial charge in [-0.2, -0.15) is 0 Å². The number of carbonyl (C=O) groups is 2. The zero-order valence-corrected chi connectivity index (χ0v) is 25.5. The van der Waals surface area contributed by atoms with Crippen LogP contribution >= 0.6 is 0 Å². The van der Waals surface area contributed by atoms with Crippen molar-refractivity contribution in [3.05, 3.63) is 59.7 Å². The van der Waals surface area contributed by atoms with Crippen LogP contribution in [0.3, 0.4) is 0 Å². The summed E-state index contributed by atoms with van der Waals surface area (Å²) in [7, 11) is 3.25. The van der Waals surface area contributed by atoms with Gasteiger partial charge in [0.2, 0.25) is 0 Å². The Morgan fingerprint density at radius 1 is 0.976 bits per heavy atom. The number of piperidine rings is 1. The molecule has 0 unspecified atom stereocenters.